The molecule has 8 heteroatoms. The summed E-state index contributed by atoms with van der Waals surface area (Å²) in [6.07, 6.45) is 0. The van der Waals surface area contributed by atoms with Crippen molar-refractivity contribution in [2.45, 2.75) is 0 Å². The van der Waals surface area contributed by atoms with Crippen LogP contribution >= 0.6 is 0 Å². The van der Waals surface area contributed by atoms with Crippen LogP contribution in [0.5, 0.6) is 5.75 Å². The summed E-state index contributed by atoms with van der Waals surface area (Å²) in [6, 6.07) is 4.85. The monoisotopic (exact) mass is 303 g/mol. The van der Waals surface area contributed by atoms with Gasteiger partial charge >= 0.3 is 0 Å². The Labute approximate surface area is 114 Å². The smallest absolute Gasteiger partial charge is 0.261 e. The van der Waals surface area contributed by atoms with Gasteiger partial charge in [-0.2, -0.15) is 0 Å². The van der Waals surface area contributed by atoms with E-state index < -0.39 is 40.6 Å². The minimum absolute atomic E-state index is 0.0797. The van der Waals surface area contributed by atoms with Crippen LogP contribution in [0.3, 0.4) is 0 Å². The number of phenolic OH excluding ortho intramolecular Hbond substituents is 1. The molecule has 2 rings (SSSR count). The van der Waals surface area contributed by atoms with Crippen LogP contribution in [-0.2, 0) is 0 Å². The lowest BCUT2D eigenvalue weighted by Crippen LogP contribution is -2.19. The summed E-state index contributed by atoms with van der Waals surface area (Å²) in [5, 5.41) is 11.1. The number of carbonyl (C=O) groups excluding carboxylic acids is 1. The molecule has 0 spiro atoms. The molecule has 0 aliphatic heterocycles. The number of benzene rings is 2. The molecule has 2 aromatic carbocycles. The number of amides is 1. The Morgan fingerprint density at radius 2 is 1.43 bits per heavy atom. The standard InChI is InChI=1S/C13H6F5NO2/c14-8-7(9(15)11(17)12(18)10(8)16)13(21)19-5-2-1-3-6(20)4-5/h1-4,20H,(H,19,21). The fourth-order valence-corrected chi connectivity index (χ4v) is 1.58. The first kappa shape index (κ1) is 14.8. The maximum absolute atomic E-state index is 13.4. The number of nitrogens with one attached hydrogen (secondary N) is 1. The van der Waals surface area contributed by atoms with E-state index in [1.54, 1.807) is 0 Å². The van der Waals surface area contributed by atoms with E-state index in [2.05, 4.69) is 0 Å². The molecule has 0 atom stereocenters. The number of phenols is 1. The number of hydrogen-bond acceptors (Lipinski definition) is 2. The third kappa shape index (κ3) is 2.64. The van der Waals surface area contributed by atoms with Gasteiger partial charge in [0.15, 0.2) is 23.3 Å². The molecule has 0 unspecified atom stereocenters. The second kappa shape index (κ2) is 5.39. The van der Waals surface area contributed by atoms with Gasteiger partial charge in [0.1, 0.15) is 11.3 Å². The number of aromatic hydroxyl groups is 1. The van der Waals surface area contributed by atoms with E-state index >= 15 is 0 Å². The third-order valence-electron chi connectivity index (χ3n) is 2.54. The van der Waals surface area contributed by atoms with Gasteiger partial charge in [0, 0.05) is 11.8 Å². The van der Waals surface area contributed by atoms with Gasteiger partial charge in [-0.1, -0.05) is 6.07 Å². The maximum Gasteiger partial charge on any atom is 0.261 e. The van der Waals surface area contributed by atoms with Crippen LogP contribution in [-0.4, -0.2) is 11.0 Å². The second-order valence-electron chi connectivity index (χ2n) is 3.95. The van der Waals surface area contributed by atoms with Crippen LogP contribution in [0.15, 0.2) is 24.3 Å². The zero-order valence-electron chi connectivity index (χ0n) is 10.1. The van der Waals surface area contributed by atoms with Crippen molar-refractivity contribution in [2.75, 3.05) is 5.32 Å². The van der Waals surface area contributed by atoms with Gasteiger partial charge in [-0.15, -0.1) is 0 Å². The normalized spacial score (nSPS) is 10.5. The number of carbonyl (C=O) groups is 1. The molecular formula is C13H6F5NO2. The van der Waals surface area contributed by atoms with Crippen molar-refractivity contribution in [3.8, 4) is 5.75 Å². The zero-order chi connectivity index (χ0) is 15.7. The maximum atomic E-state index is 13.4. The Hall–Kier alpha value is -2.64. The van der Waals surface area contributed by atoms with E-state index in [4.69, 9.17) is 5.11 Å². The molecule has 0 heterocycles. The van der Waals surface area contributed by atoms with E-state index in [0.29, 0.717) is 0 Å². The predicted molar refractivity (Wildman–Crippen MR) is 62.3 cm³/mol. The highest BCUT2D eigenvalue weighted by atomic mass is 19.2. The van der Waals surface area contributed by atoms with Gasteiger partial charge < -0.3 is 10.4 Å². The van der Waals surface area contributed by atoms with Crippen LogP contribution < -0.4 is 5.32 Å². The molecule has 0 saturated heterocycles. The summed E-state index contributed by atoms with van der Waals surface area (Å²) >= 11 is 0. The molecule has 0 radical (unpaired) electrons. The lowest BCUT2D eigenvalue weighted by molar-refractivity contribution is 0.101. The third-order valence-corrected chi connectivity index (χ3v) is 2.54. The van der Waals surface area contributed by atoms with Gasteiger partial charge in [-0.05, 0) is 12.1 Å². The molecule has 21 heavy (non-hydrogen) atoms. The van der Waals surface area contributed by atoms with E-state index in [1.807, 2.05) is 5.32 Å². The summed E-state index contributed by atoms with van der Waals surface area (Å²) in [4.78, 5) is 11.7. The van der Waals surface area contributed by atoms with Crippen molar-refractivity contribution < 1.29 is 31.9 Å². The fraction of sp³-hybridized carbons (Fsp3) is 0. The predicted octanol–water partition coefficient (Wildman–Crippen LogP) is 3.34. The highest BCUT2D eigenvalue weighted by molar-refractivity contribution is 6.04. The first-order chi connectivity index (χ1) is 9.82. The number of hydrogen-bond donors (Lipinski definition) is 2. The van der Waals surface area contributed by atoms with Gasteiger partial charge in [-0.25, -0.2) is 22.0 Å². The van der Waals surface area contributed by atoms with Gasteiger partial charge in [0.25, 0.3) is 5.91 Å². The highest BCUT2D eigenvalue weighted by Gasteiger charge is 2.29. The van der Waals surface area contributed by atoms with E-state index in [9.17, 15) is 26.7 Å². The summed E-state index contributed by atoms with van der Waals surface area (Å²) < 4.78 is 65.6. The highest BCUT2D eigenvalue weighted by Crippen LogP contribution is 2.24. The molecule has 0 fully saturated rings. The van der Waals surface area contributed by atoms with Crippen molar-refractivity contribution in [1.29, 1.82) is 0 Å². The number of halogens is 5. The molecule has 2 N–H and O–H groups in total. The molecule has 110 valence electrons. The number of anilines is 1. The Balaban J connectivity index is 2.45. The van der Waals surface area contributed by atoms with Gasteiger partial charge in [0.05, 0.1) is 0 Å². The zero-order valence-corrected chi connectivity index (χ0v) is 10.1. The van der Waals surface area contributed by atoms with Gasteiger partial charge in [0.2, 0.25) is 5.82 Å². The molecule has 0 aliphatic rings. The molecule has 0 aromatic heterocycles. The molecule has 1 amide bonds. The largest absolute Gasteiger partial charge is 0.508 e. The molecular weight excluding hydrogens is 297 g/mol. The van der Waals surface area contributed by atoms with Crippen molar-refractivity contribution in [2.24, 2.45) is 0 Å². The lowest BCUT2D eigenvalue weighted by atomic mass is 10.1. The average molecular weight is 303 g/mol. The van der Waals surface area contributed by atoms with Crippen LogP contribution in [0.2, 0.25) is 0 Å². The average Bonchev–Trinajstić information content (AvgIpc) is 2.43. The molecule has 2 aromatic rings. The topological polar surface area (TPSA) is 49.3 Å². The van der Waals surface area contributed by atoms with Crippen LogP contribution in [0.25, 0.3) is 0 Å². The van der Waals surface area contributed by atoms with E-state index in [-0.39, 0.29) is 11.4 Å². The first-order valence-corrected chi connectivity index (χ1v) is 5.44. The molecule has 0 aliphatic carbocycles. The summed E-state index contributed by atoms with van der Waals surface area (Å²) in [6.45, 7) is 0. The van der Waals surface area contributed by atoms with Crippen molar-refractivity contribution in [3.63, 3.8) is 0 Å². The van der Waals surface area contributed by atoms with Gasteiger partial charge in [-0.3, -0.25) is 4.79 Å². The minimum Gasteiger partial charge on any atom is -0.508 e. The van der Waals surface area contributed by atoms with Crippen molar-refractivity contribution in [3.05, 3.63) is 58.9 Å². The Morgan fingerprint density at radius 1 is 0.905 bits per heavy atom. The fourth-order valence-electron chi connectivity index (χ4n) is 1.58. The summed E-state index contributed by atoms with van der Waals surface area (Å²) in [5.41, 5.74) is -1.68. The lowest BCUT2D eigenvalue weighted by Gasteiger charge is -2.09. The minimum atomic E-state index is -2.35. The molecule has 3 nitrogen and oxygen atoms in total. The summed E-state index contributed by atoms with van der Waals surface area (Å²) in [7, 11) is 0. The quantitative estimate of drug-likeness (QED) is 0.508. The Morgan fingerprint density at radius 3 is 1.95 bits per heavy atom. The van der Waals surface area contributed by atoms with Crippen LogP contribution in [0, 0.1) is 29.1 Å². The van der Waals surface area contributed by atoms with Crippen LogP contribution in [0.4, 0.5) is 27.6 Å². The Kier molecular flexibility index (Phi) is 3.79. The van der Waals surface area contributed by atoms with Crippen LogP contribution in [0.1, 0.15) is 10.4 Å². The first-order valence-electron chi connectivity index (χ1n) is 5.44. The van der Waals surface area contributed by atoms with E-state index in [1.165, 1.54) is 18.2 Å². The molecule has 0 saturated carbocycles. The molecule has 0 bridgehead atoms. The Bertz CT molecular complexity index is 704. The van der Waals surface area contributed by atoms with Crippen molar-refractivity contribution in [1.82, 2.24) is 0 Å². The van der Waals surface area contributed by atoms with E-state index in [0.717, 1.165) is 6.07 Å². The number of rotatable bonds is 2. The summed E-state index contributed by atoms with van der Waals surface area (Å²) in [5.74, 6) is -13.0. The second-order valence-corrected chi connectivity index (χ2v) is 3.95. The SMILES string of the molecule is O=C(Nc1cccc(O)c1)c1c(F)c(F)c(F)c(F)c1F. The van der Waals surface area contributed by atoms with Crippen molar-refractivity contribution >= 4 is 11.6 Å².